The summed E-state index contributed by atoms with van der Waals surface area (Å²) in [6.45, 7) is 5.14. The molecule has 0 aliphatic carbocycles. The zero-order valence-corrected chi connectivity index (χ0v) is 23.2. The number of carbonyl (C=O) groups excluding carboxylic acids is 1. The van der Waals surface area contributed by atoms with E-state index >= 15 is 0 Å². The fourth-order valence-electron chi connectivity index (χ4n) is 5.26. The van der Waals surface area contributed by atoms with Crippen molar-refractivity contribution < 1.29 is 40.6 Å². The van der Waals surface area contributed by atoms with E-state index in [-0.39, 0.29) is 29.7 Å². The van der Waals surface area contributed by atoms with Crippen molar-refractivity contribution in [3.8, 4) is 0 Å². The number of benzene rings is 2. The van der Waals surface area contributed by atoms with Gasteiger partial charge in [-0.15, -0.1) is 0 Å². The zero-order chi connectivity index (χ0) is 29.8. The van der Waals surface area contributed by atoms with Gasteiger partial charge in [-0.1, -0.05) is 23.7 Å². The second-order valence-corrected chi connectivity index (χ2v) is 10.8. The van der Waals surface area contributed by atoms with Gasteiger partial charge in [-0.2, -0.15) is 26.3 Å². The maximum absolute atomic E-state index is 13.5. The van der Waals surface area contributed by atoms with Crippen LogP contribution in [-0.2, 0) is 28.2 Å². The lowest BCUT2D eigenvalue weighted by Crippen LogP contribution is -2.57. The summed E-state index contributed by atoms with van der Waals surface area (Å²) in [5.74, 6) is -0.606. The van der Waals surface area contributed by atoms with Gasteiger partial charge in [0, 0.05) is 69.6 Å². The molecule has 2 aromatic rings. The van der Waals surface area contributed by atoms with Crippen LogP contribution in [0.5, 0.6) is 0 Å². The maximum Gasteiger partial charge on any atom is 0.416 e. The number of carbonyl (C=O) groups is 1. The molecule has 2 saturated heterocycles. The number of rotatable bonds is 8. The Morgan fingerprint density at radius 2 is 1.59 bits per heavy atom. The molecular formula is C28H32ClF6N3O3. The number of hydrogen-bond donors (Lipinski definition) is 0. The molecule has 0 spiro atoms. The molecule has 1 amide bonds. The van der Waals surface area contributed by atoms with E-state index in [1.807, 2.05) is 0 Å². The standard InChI is InChI=1S/C28H32ClF6N3O3/c1-40-18-25-17-37(10-11-41-25)7-6-36-8-9-38(26(39)20-13-22(28(33,34)35)15-23(29)14-20)24(16-36)12-19-2-4-21(5-3-19)27(30,31)32/h2-5,13-15,24-25H,6-12,16-18H2,1H3/t24-,25+/m1/s1. The third-order valence-corrected chi connectivity index (χ3v) is 7.58. The van der Waals surface area contributed by atoms with Crippen molar-refractivity contribution in [1.82, 2.24) is 14.7 Å². The zero-order valence-electron chi connectivity index (χ0n) is 22.5. The van der Waals surface area contributed by atoms with Crippen molar-refractivity contribution in [2.75, 3.05) is 66.1 Å². The minimum atomic E-state index is -4.68. The van der Waals surface area contributed by atoms with Gasteiger partial charge in [-0.25, -0.2) is 0 Å². The molecule has 2 heterocycles. The Morgan fingerprint density at radius 3 is 2.22 bits per heavy atom. The van der Waals surface area contributed by atoms with Crippen molar-refractivity contribution in [2.24, 2.45) is 0 Å². The largest absolute Gasteiger partial charge is 0.416 e. The Morgan fingerprint density at radius 1 is 0.927 bits per heavy atom. The molecule has 0 saturated carbocycles. The van der Waals surface area contributed by atoms with Crippen LogP contribution in [0.25, 0.3) is 0 Å². The van der Waals surface area contributed by atoms with Crippen LogP contribution < -0.4 is 0 Å². The minimum Gasteiger partial charge on any atom is -0.382 e. The molecule has 4 rings (SSSR count). The van der Waals surface area contributed by atoms with E-state index in [4.69, 9.17) is 21.1 Å². The first-order valence-corrected chi connectivity index (χ1v) is 13.6. The topological polar surface area (TPSA) is 45.2 Å². The number of halogens is 7. The molecule has 2 aromatic carbocycles. The lowest BCUT2D eigenvalue weighted by Gasteiger charge is -2.42. The van der Waals surface area contributed by atoms with Crippen molar-refractivity contribution in [1.29, 1.82) is 0 Å². The number of alkyl halides is 6. The van der Waals surface area contributed by atoms with E-state index in [0.29, 0.717) is 38.4 Å². The summed E-state index contributed by atoms with van der Waals surface area (Å²) >= 11 is 5.93. The van der Waals surface area contributed by atoms with Crippen LogP contribution in [0, 0.1) is 0 Å². The van der Waals surface area contributed by atoms with Gasteiger partial charge in [0.05, 0.1) is 30.4 Å². The van der Waals surface area contributed by atoms with Crippen LogP contribution in [0.4, 0.5) is 26.3 Å². The Balaban J connectivity index is 1.51. The summed E-state index contributed by atoms with van der Waals surface area (Å²) in [4.78, 5) is 19.5. The minimum absolute atomic E-state index is 0.0186. The normalized spacial score (nSPS) is 21.3. The number of hydrogen-bond acceptors (Lipinski definition) is 5. The predicted octanol–water partition coefficient (Wildman–Crippen LogP) is 5.09. The molecule has 0 aromatic heterocycles. The molecule has 0 N–H and O–H groups in total. The van der Waals surface area contributed by atoms with Crippen LogP contribution in [0.1, 0.15) is 27.0 Å². The second-order valence-electron chi connectivity index (χ2n) is 10.3. The number of amides is 1. The highest BCUT2D eigenvalue weighted by Crippen LogP contribution is 2.33. The first kappa shape index (κ1) is 31.6. The van der Waals surface area contributed by atoms with Crippen LogP contribution in [0.2, 0.25) is 5.02 Å². The van der Waals surface area contributed by atoms with Gasteiger partial charge in [0.2, 0.25) is 0 Å². The van der Waals surface area contributed by atoms with Crippen LogP contribution in [0.15, 0.2) is 42.5 Å². The summed E-state index contributed by atoms with van der Waals surface area (Å²) in [7, 11) is 1.62. The predicted molar refractivity (Wildman–Crippen MR) is 141 cm³/mol. The quantitative estimate of drug-likeness (QED) is 0.391. The third kappa shape index (κ3) is 8.57. The van der Waals surface area contributed by atoms with Crippen molar-refractivity contribution in [2.45, 2.75) is 30.9 Å². The van der Waals surface area contributed by atoms with Crippen LogP contribution in [-0.4, -0.2) is 98.9 Å². The molecule has 2 aliphatic heterocycles. The highest BCUT2D eigenvalue weighted by molar-refractivity contribution is 6.31. The lowest BCUT2D eigenvalue weighted by atomic mass is 9.99. The molecule has 2 atom stereocenters. The first-order chi connectivity index (χ1) is 19.3. The number of morpholine rings is 1. The van der Waals surface area contributed by atoms with Gasteiger partial charge in [0.15, 0.2) is 0 Å². The van der Waals surface area contributed by atoms with E-state index in [0.717, 1.165) is 43.9 Å². The molecule has 13 heteroatoms. The van der Waals surface area contributed by atoms with Crippen molar-refractivity contribution >= 4 is 17.5 Å². The summed E-state index contributed by atoms with van der Waals surface area (Å²) in [5, 5.41) is -0.210. The van der Waals surface area contributed by atoms with Gasteiger partial charge in [-0.3, -0.25) is 14.6 Å². The number of methoxy groups -OCH3 is 1. The highest BCUT2D eigenvalue weighted by atomic mass is 35.5. The number of ether oxygens (including phenoxy) is 2. The highest BCUT2D eigenvalue weighted by Gasteiger charge is 2.35. The molecule has 0 bridgehead atoms. The van der Waals surface area contributed by atoms with E-state index in [1.165, 1.54) is 23.1 Å². The second kappa shape index (κ2) is 13.3. The van der Waals surface area contributed by atoms with Crippen LogP contribution >= 0.6 is 11.6 Å². The van der Waals surface area contributed by atoms with Gasteiger partial charge in [0.25, 0.3) is 5.91 Å². The van der Waals surface area contributed by atoms with E-state index < -0.39 is 35.4 Å². The summed E-state index contributed by atoms with van der Waals surface area (Å²) < 4.78 is 90.3. The van der Waals surface area contributed by atoms with E-state index in [2.05, 4.69) is 9.80 Å². The molecule has 2 aliphatic rings. The third-order valence-electron chi connectivity index (χ3n) is 7.36. The molecule has 2 fully saturated rings. The molecule has 6 nitrogen and oxygen atoms in total. The Kier molecular flexibility index (Phi) is 10.2. The van der Waals surface area contributed by atoms with E-state index in [9.17, 15) is 31.1 Å². The fourth-order valence-corrected chi connectivity index (χ4v) is 5.50. The molecule has 0 unspecified atom stereocenters. The first-order valence-electron chi connectivity index (χ1n) is 13.2. The monoisotopic (exact) mass is 607 g/mol. The SMILES string of the molecule is COC[C@@H]1CN(CCN2CCN(C(=O)c3cc(Cl)cc(C(F)(F)F)c3)[C@H](Cc3ccc(C(F)(F)F)cc3)C2)CCO1. The summed E-state index contributed by atoms with van der Waals surface area (Å²) in [5.41, 5.74) is -1.41. The average Bonchev–Trinajstić information content (AvgIpc) is 2.91. The maximum atomic E-state index is 13.5. The lowest BCUT2D eigenvalue weighted by molar-refractivity contribution is -0.138. The number of nitrogens with zero attached hydrogens (tertiary/aromatic N) is 3. The average molecular weight is 608 g/mol. The molecular weight excluding hydrogens is 576 g/mol. The smallest absolute Gasteiger partial charge is 0.382 e. The Bertz CT molecular complexity index is 1180. The Labute approximate surface area is 239 Å². The Hall–Kier alpha value is -2.38. The van der Waals surface area contributed by atoms with Gasteiger partial charge in [0.1, 0.15) is 0 Å². The molecule has 0 radical (unpaired) electrons. The van der Waals surface area contributed by atoms with Gasteiger partial charge in [-0.05, 0) is 42.3 Å². The fraction of sp³-hybridized carbons (Fsp3) is 0.536. The van der Waals surface area contributed by atoms with Gasteiger partial charge >= 0.3 is 12.4 Å². The van der Waals surface area contributed by atoms with Gasteiger partial charge < -0.3 is 14.4 Å². The van der Waals surface area contributed by atoms with Crippen molar-refractivity contribution in [3.63, 3.8) is 0 Å². The number of piperazine rings is 1. The van der Waals surface area contributed by atoms with Crippen molar-refractivity contribution in [3.05, 3.63) is 69.7 Å². The summed E-state index contributed by atoms with van der Waals surface area (Å²) in [6, 6.07) is 6.99. The van der Waals surface area contributed by atoms with Crippen LogP contribution in [0.3, 0.4) is 0 Å². The molecule has 41 heavy (non-hydrogen) atoms. The summed E-state index contributed by atoms with van der Waals surface area (Å²) in [6.07, 6.45) is -8.94. The molecule has 226 valence electrons. The van der Waals surface area contributed by atoms with E-state index in [1.54, 1.807) is 7.11 Å².